The summed E-state index contributed by atoms with van der Waals surface area (Å²) in [5.41, 5.74) is 0.657. The Morgan fingerprint density at radius 3 is 2.29 bits per heavy atom. The Bertz CT molecular complexity index is 984. The molecule has 190 valence electrons. The van der Waals surface area contributed by atoms with E-state index in [9.17, 15) is 19.2 Å². The average molecular weight is 522 g/mol. The zero-order valence-electron chi connectivity index (χ0n) is 20.4. The SMILES string of the molecule is CCC(C(=O)NCC(C)C)N(Cc1ccc(Cl)cc1Cl)C(=O)CCN1C(=O)[C@H]2CC=CC[C@H]2C1=O. The Kier molecular flexibility index (Phi) is 9.36. The molecule has 9 heteroatoms. The second-order valence-corrected chi connectivity index (χ2v) is 10.4. The highest BCUT2D eigenvalue weighted by atomic mass is 35.5. The maximum atomic E-state index is 13.5. The highest BCUT2D eigenvalue weighted by Crippen LogP contribution is 2.35. The van der Waals surface area contributed by atoms with Crippen molar-refractivity contribution in [2.45, 2.75) is 59.0 Å². The molecule has 1 fully saturated rings. The molecule has 0 bridgehead atoms. The van der Waals surface area contributed by atoms with Gasteiger partial charge in [-0.05, 0) is 42.9 Å². The molecule has 35 heavy (non-hydrogen) atoms. The summed E-state index contributed by atoms with van der Waals surface area (Å²) in [4.78, 5) is 54.8. The summed E-state index contributed by atoms with van der Waals surface area (Å²) in [7, 11) is 0. The summed E-state index contributed by atoms with van der Waals surface area (Å²) in [6.07, 6.45) is 5.30. The molecule has 0 radical (unpaired) electrons. The molecule has 3 rings (SSSR count). The highest BCUT2D eigenvalue weighted by molar-refractivity contribution is 6.35. The maximum Gasteiger partial charge on any atom is 0.242 e. The van der Waals surface area contributed by atoms with Crippen LogP contribution in [-0.4, -0.2) is 52.6 Å². The van der Waals surface area contributed by atoms with Crippen molar-refractivity contribution in [1.82, 2.24) is 15.1 Å². The third kappa shape index (κ3) is 6.44. The summed E-state index contributed by atoms with van der Waals surface area (Å²) < 4.78 is 0. The molecule has 0 saturated carbocycles. The molecule has 1 aromatic carbocycles. The van der Waals surface area contributed by atoms with Crippen LogP contribution in [0.5, 0.6) is 0 Å². The minimum absolute atomic E-state index is 0.00159. The smallest absolute Gasteiger partial charge is 0.242 e. The lowest BCUT2D eigenvalue weighted by Gasteiger charge is -2.31. The van der Waals surface area contributed by atoms with Gasteiger partial charge >= 0.3 is 0 Å². The van der Waals surface area contributed by atoms with E-state index < -0.39 is 6.04 Å². The van der Waals surface area contributed by atoms with Crippen molar-refractivity contribution in [2.24, 2.45) is 17.8 Å². The summed E-state index contributed by atoms with van der Waals surface area (Å²) in [6, 6.07) is 4.29. The number of halogens is 2. The largest absolute Gasteiger partial charge is 0.354 e. The molecule has 1 N–H and O–H groups in total. The van der Waals surface area contributed by atoms with Gasteiger partial charge in [-0.2, -0.15) is 0 Å². The fourth-order valence-electron chi connectivity index (χ4n) is 4.62. The maximum absolute atomic E-state index is 13.5. The Hall–Kier alpha value is -2.38. The molecule has 1 saturated heterocycles. The number of hydrogen-bond acceptors (Lipinski definition) is 4. The number of carbonyl (C=O) groups excluding carboxylic acids is 4. The van der Waals surface area contributed by atoms with Gasteiger partial charge in [0.2, 0.25) is 23.6 Å². The highest BCUT2D eigenvalue weighted by Gasteiger charge is 2.47. The summed E-state index contributed by atoms with van der Waals surface area (Å²) in [5.74, 6) is -1.41. The van der Waals surface area contributed by atoms with Gasteiger partial charge in [-0.1, -0.05) is 62.2 Å². The first-order valence-corrected chi connectivity index (χ1v) is 12.9. The van der Waals surface area contributed by atoms with Gasteiger partial charge in [-0.25, -0.2) is 0 Å². The van der Waals surface area contributed by atoms with Gasteiger partial charge in [0, 0.05) is 36.1 Å². The lowest BCUT2D eigenvalue weighted by molar-refractivity contribution is -0.144. The van der Waals surface area contributed by atoms with Crippen LogP contribution in [0.25, 0.3) is 0 Å². The van der Waals surface area contributed by atoms with E-state index in [1.165, 1.54) is 9.80 Å². The predicted molar refractivity (Wildman–Crippen MR) is 136 cm³/mol. The molecule has 1 heterocycles. The first kappa shape index (κ1) is 27.2. The molecular formula is C26H33Cl2N3O4. The van der Waals surface area contributed by atoms with Crippen LogP contribution in [0.4, 0.5) is 0 Å². The number of rotatable bonds is 10. The monoisotopic (exact) mass is 521 g/mol. The van der Waals surface area contributed by atoms with Crippen LogP contribution < -0.4 is 5.32 Å². The van der Waals surface area contributed by atoms with Crippen LogP contribution >= 0.6 is 23.2 Å². The third-order valence-corrected chi connectivity index (χ3v) is 7.16. The number of hydrogen-bond donors (Lipinski definition) is 1. The molecule has 7 nitrogen and oxygen atoms in total. The number of likely N-dealkylation sites (tertiary alicyclic amines) is 1. The van der Waals surface area contributed by atoms with E-state index in [-0.39, 0.29) is 60.9 Å². The number of nitrogens with zero attached hydrogens (tertiary/aromatic N) is 2. The van der Waals surface area contributed by atoms with Gasteiger partial charge in [-0.3, -0.25) is 24.1 Å². The van der Waals surface area contributed by atoms with Crippen molar-refractivity contribution in [3.05, 3.63) is 46.0 Å². The molecule has 0 aromatic heterocycles. The number of amides is 4. The molecular weight excluding hydrogens is 489 g/mol. The molecule has 1 aliphatic carbocycles. The van der Waals surface area contributed by atoms with Gasteiger partial charge in [0.05, 0.1) is 11.8 Å². The van der Waals surface area contributed by atoms with Crippen LogP contribution in [-0.2, 0) is 25.7 Å². The van der Waals surface area contributed by atoms with E-state index in [4.69, 9.17) is 23.2 Å². The van der Waals surface area contributed by atoms with Crippen LogP contribution in [0.15, 0.2) is 30.4 Å². The van der Waals surface area contributed by atoms with E-state index in [1.54, 1.807) is 18.2 Å². The van der Waals surface area contributed by atoms with Gasteiger partial charge in [0.15, 0.2) is 0 Å². The normalized spacial score (nSPS) is 20.2. The van der Waals surface area contributed by atoms with Crippen molar-refractivity contribution < 1.29 is 19.2 Å². The molecule has 1 aromatic rings. The fourth-order valence-corrected chi connectivity index (χ4v) is 5.08. The van der Waals surface area contributed by atoms with Crippen molar-refractivity contribution in [3.63, 3.8) is 0 Å². The number of allylic oxidation sites excluding steroid dienone is 2. The molecule has 0 spiro atoms. The van der Waals surface area contributed by atoms with Gasteiger partial charge < -0.3 is 10.2 Å². The Balaban J connectivity index is 1.77. The zero-order chi connectivity index (χ0) is 25.7. The van der Waals surface area contributed by atoms with Crippen LogP contribution in [0.3, 0.4) is 0 Å². The lowest BCUT2D eigenvalue weighted by atomic mass is 9.85. The number of nitrogens with one attached hydrogen (secondary N) is 1. The van der Waals surface area contributed by atoms with Gasteiger partial charge in [0.1, 0.15) is 6.04 Å². The Labute approximate surface area is 216 Å². The number of fused-ring (bicyclic) bond motifs is 1. The van der Waals surface area contributed by atoms with Crippen molar-refractivity contribution in [3.8, 4) is 0 Å². The second kappa shape index (κ2) is 12.0. The molecule has 1 unspecified atom stereocenters. The zero-order valence-corrected chi connectivity index (χ0v) is 21.9. The summed E-state index contributed by atoms with van der Waals surface area (Å²) >= 11 is 12.4. The van der Waals surface area contributed by atoms with Crippen molar-refractivity contribution in [1.29, 1.82) is 0 Å². The minimum Gasteiger partial charge on any atom is -0.354 e. The van der Waals surface area contributed by atoms with Crippen LogP contribution in [0.2, 0.25) is 10.0 Å². The minimum atomic E-state index is -0.718. The van der Waals surface area contributed by atoms with Crippen molar-refractivity contribution >= 4 is 46.8 Å². The standard InChI is InChI=1S/C26H33Cl2N3O4/c1-4-22(24(33)29-14-16(2)3)31(15-17-9-10-18(27)13-21(17)28)23(32)11-12-30-25(34)19-7-5-6-8-20(19)26(30)35/h5-6,9-10,13,16,19-20,22H,4,7-8,11-12,14-15H2,1-3H3,(H,29,33)/t19-,20+,22?. The van der Waals surface area contributed by atoms with Gasteiger partial charge in [-0.15, -0.1) is 0 Å². The van der Waals surface area contributed by atoms with Crippen molar-refractivity contribution in [2.75, 3.05) is 13.1 Å². The summed E-state index contributed by atoms with van der Waals surface area (Å²) in [6.45, 7) is 6.43. The van der Waals surface area contributed by atoms with E-state index in [2.05, 4.69) is 5.32 Å². The van der Waals surface area contributed by atoms with Gasteiger partial charge in [0.25, 0.3) is 0 Å². The van der Waals surface area contributed by atoms with Crippen LogP contribution in [0.1, 0.15) is 52.0 Å². The number of imide groups is 1. The van der Waals surface area contributed by atoms with Crippen LogP contribution in [0, 0.1) is 17.8 Å². The summed E-state index contributed by atoms with van der Waals surface area (Å²) in [5, 5.41) is 3.78. The number of benzene rings is 1. The first-order chi connectivity index (χ1) is 16.6. The molecule has 1 aliphatic heterocycles. The van der Waals surface area contributed by atoms with E-state index in [1.807, 2.05) is 32.9 Å². The molecule has 4 amide bonds. The Morgan fingerprint density at radius 1 is 1.11 bits per heavy atom. The molecule has 2 aliphatic rings. The average Bonchev–Trinajstić information content (AvgIpc) is 3.07. The first-order valence-electron chi connectivity index (χ1n) is 12.1. The van der Waals surface area contributed by atoms with E-state index in [0.29, 0.717) is 41.4 Å². The van der Waals surface area contributed by atoms with E-state index >= 15 is 0 Å². The quantitative estimate of drug-likeness (QED) is 0.369. The Morgan fingerprint density at radius 2 is 1.74 bits per heavy atom. The molecule has 3 atom stereocenters. The fraction of sp³-hybridized carbons (Fsp3) is 0.538. The third-order valence-electron chi connectivity index (χ3n) is 6.57. The predicted octanol–water partition coefficient (Wildman–Crippen LogP) is 4.21. The number of carbonyl (C=O) groups is 4. The lowest BCUT2D eigenvalue weighted by Crippen LogP contribution is -2.50. The second-order valence-electron chi connectivity index (χ2n) is 9.55. The van der Waals surface area contributed by atoms with E-state index in [0.717, 1.165) is 0 Å². The topological polar surface area (TPSA) is 86.8 Å².